The number of hydrogen-bond donors (Lipinski definition) is 1. The third-order valence-corrected chi connectivity index (χ3v) is 5.16. The van der Waals surface area contributed by atoms with Gasteiger partial charge in [-0.25, -0.2) is 0 Å². The van der Waals surface area contributed by atoms with E-state index >= 15 is 0 Å². The Labute approximate surface area is 160 Å². The Bertz CT molecular complexity index is 586. The van der Waals surface area contributed by atoms with Crippen molar-refractivity contribution in [3.8, 4) is 5.75 Å². The minimum Gasteiger partial charge on any atom is -0.488 e. The largest absolute Gasteiger partial charge is 0.488 e. The van der Waals surface area contributed by atoms with Crippen LogP contribution >= 0.6 is 0 Å². The average Bonchev–Trinajstić information content (AvgIpc) is 2.68. The maximum Gasteiger partial charge on any atom is 0.120 e. The van der Waals surface area contributed by atoms with E-state index in [1.807, 2.05) is 62.4 Å². The molecule has 1 unspecified atom stereocenters. The van der Waals surface area contributed by atoms with E-state index < -0.39 is 5.60 Å². The molecule has 2 aromatic carbocycles. The highest BCUT2D eigenvalue weighted by atomic mass is 16.5. The monoisotopic (exact) mass is 356 g/mol. The van der Waals surface area contributed by atoms with Gasteiger partial charge in [-0.2, -0.15) is 0 Å². The lowest BCUT2D eigenvalue weighted by Gasteiger charge is -2.28. The molecule has 0 aliphatic rings. The standard InChI is InChI=1S/2C12H18O/c1-4-12(3,5-2)13-11-9-7-6-8-10-11;1-3-12(2,13)10-9-11-7-5-4-6-8-11/h6-10H,4-5H2,1-3H3;4-8,13H,3,9-10H2,1-2H3. The summed E-state index contributed by atoms with van der Waals surface area (Å²) in [6, 6.07) is 20.3. The molecule has 2 heteroatoms. The van der Waals surface area contributed by atoms with Crippen LogP contribution in [-0.4, -0.2) is 16.3 Å². The van der Waals surface area contributed by atoms with Gasteiger partial charge in [-0.15, -0.1) is 0 Å². The summed E-state index contributed by atoms with van der Waals surface area (Å²) in [4.78, 5) is 0. The van der Waals surface area contributed by atoms with Crippen molar-refractivity contribution in [2.45, 2.75) is 77.9 Å². The summed E-state index contributed by atoms with van der Waals surface area (Å²) < 4.78 is 5.90. The summed E-state index contributed by atoms with van der Waals surface area (Å²) in [6.07, 6.45) is 4.70. The molecule has 0 heterocycles. The van der Waals surface area contributed by atoms with E-state index in [0.717, 1.165) is 37.9 Å². The third kappa shape index (κ3) is 8.53. The highest BCUT2D eigenvalue weighted by molar-refractivity contribution is 5.21. The Hall–Kier alpha value is -1.80. The van der Waals surface area contributed by atoms with Crippen LogP contribution in [0.5, 0.6) is 5.75 Å². The Morgan fingerprint density at radius 2 is 1.27 bits per heavy atom. The van der Waals surface area contributed by atoms with Crippen LogP contribution < -0.4 is 4.74 Å². The van der Waals surface area contributed by atoms with Gasteiger partial charge in [0.1, 0.15) is 11.4 Å². The fraction of sp³-hybridized carbons (Fsp3) is 0.500. The quantitative estimate of drug-likeness (QED) is 0.591. The fourth-order valence-electron chi connectivity index (χ4n) is 2.40. The molecule has 26 heavy (non-hydrogen) atoms. The lowest BCUT2D eigenvalue weighted by molar-refractivity contribution is 0.0473. The first-order chi connectivity index (χ1) is 12.3. The molecule has 1 atom stereocenters. The van der Waals surface area contributed by atoms with E-state index in [9.17, 15) is 5.11 Å². The summed E-state index contributed by atoms with van der Waals surface area (Å²) in [6.45, 7) is 10.4. The Kier molecular flexibility index (Phi) is 9.43. The normalized spacial score (nSPS) is 13.3. The molecule has 0 aliphatic heterocycles. The first-order valence-electron chi connectivity index (χ1n) is 9.84. The van der Waals surface area contributed by atoms with Crippen LogP contribution in [0.1, 0.15) is 65.9 Å². The highest BCUT2D eigenvalue weighted by Crippen LogP contribution is 2.23. The molecule has 0 saturated carbocycles. The van der Waals surface area contributed by atoms with Gasteiger partial charge >= 0.3 is 0 Å². The van der Waals surface area contributed by atoms with Crippen molar-refractivity contribution < 1.29 is 9.84 Å². The van der Waals surface area contributed by atoms with E-state index in [1.54, 1.807) is 0 Å². The number of aryl methyl sites for hydroxylation is 1. The van der Waals surface area contributed by atoms with E-state index in [1.165, 1.54) is 5.56 Å². The number of hydrogen-bond acceptors (Lipinski definition) is 2. The van der Waals surface area contributed by atoms with E-state index in [4.69, 9.17) is 4.74 Å². The minimum atomic E-state index is -0.504. The van der Waals surface area contributed by atoms with Gasteiger partial charge in [-0.05, 0) is 63.6 Å². The molecule has 0 radical (unpaired) electrons. The topological polar surface area (TPSA) is 29.5 Å². The maximum atomic E-state index is 9.78. The zero-order chi connectivity index (χ0) is 19.5. The van der Waals surface area contributed by atoms with Crippen molar-refractivity contribution in [2.24, 2.45) is 0 Å². The molecular formula is C24H36O2. The number of rotatable bonds is 8. The Morgan fingerprint density at radius 1 is 0.769 bits per heavy atom. The minimum absolute atomic E-state index is 0.0125. The first-order valence-corrected chi connectivity index (χ1v) is 9.84. The number of aliphatic hydroxyl groups is 1. The first kappa shape index (κ1) is 22.2. The molecule has 1 N–H and O–H groups in total. The van der Waals surface area contributed by atoms with Crippen molar-refractivity contribution in [2.75, 3.05) is 0 Å². The second-order valence-electron chi connectivity index (χ2n) is 7.41. The lowest BCUT2D eigenvalue weighted by atomic mass is 9.94. The second kappa shape index (κ2) is 11.0. The molecule has 0 bridgehead atoms. The van der Waals surface area contributed by atoms with Crippen LogP contribution in [0.3, 0.4) is 0 Å². The number of ether oxygens (including phenoxy) is 1. The molecule has 0 saturated heterocycles. The zero-order valence-electron chi connectivity index (χ0n) is 17.2. The smallest absolute Gasteiger partial charge is 0.120 e. The molecule has 0 fully saturated rings. The van der Waals surface area contributed by atoms with Crippen molar-refractivity contribution >= 4 is 0 Å². The Balaban J connectivity index is 0.000000260. The van der Waals surface area contributed by atoms with E-state index in [0.29, 0.717) is 0 Å². The third-order valence-electron chi connectivity index (χ3n) is 5.16. The number of para-hydroxylation sites is 1. The highest BCUT2D eigenvalue weighted by Gasteiger charge is 2.21. The predicted molar refractivity (Wildman–Crippen MR) is 112 cm³/mol. The van der Waals surface area contributed by atoms with E-state index in [2.05, 4.69) is 32.9 Å². The maximum absolute atomic E-state index is 9.78. The number of benzene rings is 2. The van der Waals surface area contributed by atoms with Crippen LogP contribution in [0.2, 0.25) is 0 Å². The predicted octanol–water partition coefficient (Wildman–Crippen LogP) is 6.42. The van der Waals surface area contributed by atoms with E-state index in [-0.39, 0.29) is 5.60 Å². The van der Waals surface area contributed by atoms with Gasteiger partial charge in [-0.3, -0.25) is 0 Å². The van der Waals surface area contributed by atoms with Gasteiger partial charge in [0.15, 0.2) is 0 Å². The SMILES string of the molecule is CCC(C)(CC)Oc1ccccc1.CCC(C)(O)CCc1ccccc1. The molecule has 144 valence electrons. The van der Waals surface area contributed by atoms with Crippen molar-refractivity contribution in [1.29, 1.82) is 0 Å². The molecule has 2 nitrogen and oxygen atoms in total. The van der Waals surface area contributed by atoms with Crippen LogP contribution in [0, 0.1) is 0 Å². The van der Waals surface area contributed by atoms with Gasteiger partial charge < -0.3 is 9.84 Å². The van der Waals surface area contributed by atoms with Crippen LogP contribution in [0.25, 0.3) is 0 Å². The zero-order valence-corrected chi connectivity index (χ0v) is 17.2. The molecule has 2 aromatic rings. The van der Waals surface area contributed by atoms with Crippen LogP contribution in [0.15, 0.2) is 60.7 Å². The molecule has 2 rings (SSSR count). The van der Waals surface area contributed by atoms with Gasteiger partial charge in [0.05, 0.1) is 5.60 Å². The molecule has 0 amide bonds. The van der Waals surface area contributed by atoms with Crippen LogP contribution in [-0.2, 0) is 6.42 Å². The van der Waals surface area contributed by atoms with Crippen molar-refractivity contribution in [1.82, 2.24) is 0 Å². The summed E-state index contributed by atoms with van der Waals surface area (Å²) >= 11 is 0. The Morgan fingerprint density at radius 3 is 1.73 bits per heavy atom. The second-order valence-corrected chi connectivity index (χ2v) is 7.41. The van der Waals surface area contributed by atoms with Crippen LogP contribution in [0.4, 0.5) is 0 Å². The van der Waals surface area contributed by atoms with Gasteiger partial charge in [0, 0.05) is 0 Å². The summed E-state index contributed by atoms with van der Waals surface area (Å²) in [7, 11) is 0. The van der Waals surface area contributed by atoms with Gasteiger partial charge in [0.2, 0.25) is 0 Å². The summed E-state index contributed by atoms with van der Waals surface area (Å²) in [5, 5.41) is 9.78. The van der Waals surface area contributed by atoms with Crippen molar-refractivity contribution in [3.05, 3.63) is 66.2 Å². The molecular weight excluding hydrogens is 320 g/mol. The van der Waals surface area contributed by atoms with Gasteiger partial charge in [-0.1, -0.05) is 69.3 Å². The fourth-order valence-corrected chi connectivity index (χ4v) is 2.40. The summed E-state index contributed by atoms with van der Waals surface area (Å²) in [5.74, 6) is 0.966. The van der Waals surface area contributed by atoms with Gasteiger partial charge in [0.25, 0.3) is 0 Å². The average molecular weight is 357 g/mol. The molecule has 0 aliphatic carbocycles. The lowest BCUT2D eigenvalue weighted by Crippen LogP contribution is -2.30. The molecule has 0 aromatic heterocycles. The molecule has 0 spiro atoms. The summed E-state index contributed by atoms with van der Waals surface area (Å²) in [5.41, 5.74) is 0.785. The van der Waals surface area contributed by atoms with Crippen molar-refractivity contribution in [3.63, 3.8) is 0 Å².